The minimum Gasteiger partial charge on any atom is -0.367 e. The third-order valence-electron chi connectivity index (χ3n) is 4.39. The Bertz CT molecular complexity index is 838. The third-order valence-corrected chi connectivity index (χ3v) is 5.44. The van der Waals surface area contributed by atoms with E-state index in [0.717, 1.165) is 10.6 Å². The number of benzene rings is 2. The molecule has 0 N–H and O–H groups in total. The van der Waals surface area contributed by atoms with Crippen molar-refractivity contribution in [1.82, 2.24) is 4.90 Å². The van der Waals surface area contributed by atoms with Gasteiger partial charge in [-0.1, -0.05) is 23.7 Å². The molecule has 26 heavy (non-hydrogen) atoms. The van der Waals surface area contributed by atoms with Crippen LogP contribution in [0.1, 0.15) is 10.4 Å². The summed E-state index contributed by atoms with van der Waals surface area (Å²) in [7, 11) is 0. The van der Waals surface area contributed by atoms with Gasteiger partial charge >= 0.3 is 0 Å². The Kier molecular flexibility index (Phi) is 5.68. The van der Waals surface area contributed by atoms with Gasteiger partial charge in [0.1, 0.15) is 5.56 Å². The highest BCUT2D eigenvalue weighted by molar-refractivity contribution is 7.98. The van der Waals surface area contributed by atoms with Crippen LogP contribution in [0, 0.1) is 10.1 Å². The summed E-state index contributed by atoms with van der Waals surface area (Å²) in [6.07, 6.45) is 1.87. The highest BCUT2D eigenvalue weighted by atomic mass is 35.5. The number of para-hydroxylation sites is 1. The minimum absolute atomic E-state index is 0.146. The number of hydrogen-bond donors (Lipinski definition) is 0. The Balaban J connectivity index is 1.77. The van der Waals surface area contributed by atoms with Gasteiger partial charge in [-0.3, -0.25) is 14.9 Å². The Labute approximate surface area is 160 Å². The molecule has 2 aromatic carbocycles. The Morgan fingerprint density at radius 1 is 1.15 bits per heavy atom. The second-order valence-electron chi connectivity index (χ2n) is 5.87. The van der Waals surface area contributed by atoms with Gasteiger partial charge in [0.05, 0.1) is 15.6 Å². The largest absolute Gasteiger partial charge is 0.367 e. The molecule has 1 aliphatic rings. The van der Waals surface area contributed by atoms with Gasteiger partial charge in [-0.2, -0.15) is 0 Å². The van der Waals surface area contributed by atoms with Crippen molar-refractivity contribution in [3.63, 3.8) is 0 Å². The second kappa shape index (κ2) is 7.97. The predicted octanol–water partition coefficient (Wildman–Crippen LogP) is 3.93. The number of thioether (sulfide) groups is 1. The number of nitrogens with zero attached hydrogens (tertiary/aromatic N) is 3. The van der Waals surface area contributed by atoms with Crippen molar-refractivity contribution in [2.45, 2.75) is 4.90 Å². The number of nitro benzene ring substituents is 1. The van der Waals surface area contributed by atoms with Gasteiger partial charge in [-0.15, -0.1) is 11.8 Å². The highest BCUT2D eigenvalue weighted by Crippen LogP contribution is 2.28. The molecule has 0 spiro atoms. The van der Waals surface area contributed by atoms with Crippen LogP contribution in [0.15, 0.2) is 47.4 Å². The number of rotatable bonds is 4. The zero-order valence-corrected chi connectivity index (χ0v) is 15.8. The molecule has 8 heteroatoms. The van der Waals surface area contributed by atoms with E-state index in [1.54, 1.807) is 17.0 Å². The smallest absolute Gasteiger partial charge is 0.282 e. The first-order chi connectivity index (χ1) is 12.5. The standard InChI is InChI=1S/C18H18ClN3O3S/c1-26-13-6-7-16(22(24)25)14(12-13)18(23)21-10-8-20(9-11-21)17-5-3-2-4-15(17)19/h2-7,12H,8-11H2,1H3. The number of hydrogen-bond acceptors (Lipinski definition) is 5. The van der Waals surface area contributed by atoms with Gasteiger partial charge in [0.2, 0.25) is 0 Å². The number of carbonyl (C=O) groups excluding carboxylic acids is 1. The summed E-state index contributed by atoms with van der Waals surface area (Å²) < 4.78 is 0. The molecule has 0 aliphatic carbocycles. The van der Waals surface area contributed by atoms with Crippen LogP contribution in [0.2, 0.25) is 5.02 Å². The molecule has 0 atom stereocenters. The summed E-state index contributed by atoms with van der Waals surface area (Å²) >= 11 is 7.69. The summed E-state index contributed by atoms with van der Waals surface area (Å²) in [5.41, 5.74) is 0.936. The monoisotopic (exact) mass is 391 g/mol. The second-order valence-corrected chi connectivity index (χ2v) is 7.16. The molecule has 0 aromatic heterocycles. The fourth-order valence-corrected chi connectivity index (χ4v) is 3.70. The van der Waals surface area contributed by atoms with E-state index < -0.39 is 4.92 Å². The van der Waals surface area contributed by atoms with Gasteiger partial charge in [-0.25, -0.2) is 0 Å². The van der Waals surface area contributed by atoms with Crippen molar-refractivity contribution in [2.24, 2.45) is 0 Å². The average molecular weight is 392 g/mol. The first kappa shape index (κ1) is 18.5. The highest BCUT2D eigenvalue weighted by Gasteiger charge is 2.28. The minimum atomic E-state index is -0.503. The van der Waals surface area contributed by atoms with E-state index in [1.165, 1.54) is 17.8 Å². The zero-order valence-electron chi connectivity index (χ0n) is 14.2. The van der Waals surface area contributed by atoms with Crippen LogP contribution in [0.3, 0.4) is 0 Å². The van der Waals surface area contributed by atoms with E-state index in [-0.39, 0.29) is 17.2 Å². The molecule has 2 aromatic rings. The molecule has 6 nitrogen and oxygen atoms in total. The molecule has 1 aliphatic heterocycles. The third kappa shape index (κ3) is 3.78. The molecule has 1 fully saturated rings. The fourth-order valence-electron chi connectivity index (χ4n) is 3.00. The summed E-state index contributed by atoms with van der Waals surface area (Å²) in [5.74, 6) is -0.300. The number of nitro groups is 1. The molecule has 0 radical (unpaired) electrons. The van der Waals surface area contributed by atoms with E-state index in [0.29, 0.717) is 31.2 Å². The number of piperazine rings is 1. The van der Waals surface area contributed by atoms with Gasteiger partial charge < -0.3 is 9.80 Å². The van der Waals surface area contributed by atoms with E-state index >= 15 is 0 Å². The van der Waals surface area contributed by atoms with Crippen LogP contribution >= 0.6 is 23.4 Å². The summed E-state index contributed by atoms with van der Waals surface area (Å²) in [5, 5.41) is 12.0. The van der Waals surface area contributed by atoms with Gasteiger partial charge in [0.25, 0.3) is 11.6 Å². The number of amides is 1. The average Bonchev–Trinajstić information content (AvgIpc) is 2.67. The van der Waals surface area contributed by atoms with Crippen molar-refractivity contribution < 1.29 is 9.72 Å². The van der Waals surface area contributed by atoms with Crippen LogP contribution in [-0.2, 0) is 0 Å². The molecular weight excluding hydrogens is 374 g/mol. The van der Waals surface area contributed by atoms with Crippen LogP contribution in [0.25, 0.3) is 0 Å². The van der Waals surface area contributed by atoms with Crippen LogP contribution < -0.4 is 4.90 Å². The molecule has 1 heterocycles. The Hall–Kier alpha value is -2.25. The van der Waals surface area contributed by atoms with Gasteiger partial charge in [0.15, 0.2) is 0 Å². The van der Waals surface area contributed by atoms with Crippen molar-refractivity contribution in [3.05, 3.63) is 63.2 Å². The maximum Gasteiger partial charge on any atom is 0.282 e. The first-order valence-electron chi connectivity index (χ1n) is 8.12. The topological polar surface area (TPSA) is 66.7 Å². The lowest BCUT2D eigenvalue weighted by atomic mass is 10.1. The molecule has 0 unspecified atom stereocenters. The zero-order chi connectivity index (χ0) is 18.7. The van der Waals surface area contributed by atoms with E-state index in [4.69, 9.17) is 11.6 Å². The van der Waals surface area contributed by atoms with E-state index in [2.05, 4.69) is 4.90 Å². The number of carbonyl (C=O) groups is 1. The maximum atomic E-state index is 12.9. The lowest BCUT2D eigenvalue weighted by molar-refractivity contribution is -0.385. The molecule has 136 valence electrons. The van der Waals surface area contributed by atoms with Crippen LogP contribution in [0.4, 0.5) is 11.4 Å². The number of anilines is 1. The molecular formula is C18H18ClN3O3S. The molecule has 1 amide bonds. The summed E-state index contributed by atoms with van der Waals surface area (Å²) in [4.78, 5) is 28.3. The molecule has 1 saturated heterocycles. The predicted molar refractivity (Wildman–Crippen MR) is 104 cm³/mol. The van der Waals surface area contributed by atoms with Crippen molar-refractivity contribution >= 4 is 40.6 Å². The lowest BCUT2D eigenvalue weighted by Crippen LogP contribution is -2.49. The van der Waals surface area contributed by atoms with Crippen molar-refractivity contribution in [3.8, 4) is 0 Å². The summed E-state index contributed by atoms with van der Waals surface area (Å²) in [6.45, 7) is 2.24. The molecule has 3 rings (SSSR count). The fraction of sp³-hybridized carbons (Fsp3) is 0.278. The van der Waals surface area contributed by atoms with Gasteiger partial charge in [-0.05, 0) is 30.5 Å². The number of halogens is 1. The lowest BCUT2D eigenvalue weighted by Gasteiger charge is -2.36. The SMILES string of the molecule is CSc1ccc([N+](=O)[O-])c(C(=O)N2CCN(c3ccccc3Cl)CC2)c1. The van der Waals surface area contributed by atoms with Crippen molar-refractivity contribution in [1.29, 1.82) is 0 Å². The van der Waals surface area contributed by atoms with Gasteiger partial charge in [0, 0.05) is 37.1 Å². The quantitative estimate of drug-likeness (QED) is 0.448. The van der Waals surface area contributed by atoms with Crippen molar-refractivity contribution in [2.75, 3.05) is 37.3 Å². The van der Waals surface area contributed by atoms with E-state index in [1.807, 2.05) is 30.5 Å². The van der Waals surface area contributed by atoms with E-state index in [9.17, 15) is 14.9 Å². The first-order valence-corrected chi connectivity index (χ1v) is 9.72. The molecule has 0 bridgehead atoms. The van der Waals surface area contributed by atoms with Crippen LogP contribution in [0.5, 0.6) is 0 Å². The normalized spacial score (nSPS) is 14.4. The Morgan fingerprint density at radius 2 is 1.85 bits per heavy atom. The maximum absolute atomic E-state index is 12.9. The summed E-state index contributed by atoms with van der Waals surface area (Å²) in [6, 6.07) is 12.3. The van der Waals surface area contributed by atoms with Crippen LogP contribution in [-0.4, -0.2) is 48.2 Å². The Morgan fingerprint density at radius 3 is 2.46 bits per heavy atom. The molecule has 0 saturated carbocycles.